The van der Waals surface area contributed by atoms with E-state index in [0.717, 1.165) is 59.0 Å². The van der Waals surface area contributed by atoms with E-state index in [4.69, 9.17) is 14.7 Å². The fourth-order valence-electron chi connectivity index (χ4n) is 4.24. The molecule has 0 aliphatic carbocycles. The lowest BCUT2D eigenvalue weighted by molar-refractivity contribution is 0.105. The van der Waals surface area contributed by atoms with E-state index in [1.807, 2.05) is 38.1 Å². The number of carbonyl (C=O) groups is 1. The number of anilines is 3. The Morgan fingerprint density at radius 3 is 1.94 bits per heavy atom. The van der Waals surface area contributed by atoms with Crippen LogP contribution in [0.2, 0.25) is 0 Å². The molecular formula is C22H28N8O2S. The molecule has 0 N–H and O–H groups in total. The number of fused-ring (bicyclic) bond motifs is 1. The van der Waals surface area contributed by atoms with Gasteiger partial charge < -0.3 is 24.3 Å². The lowest BCUT2D eigenvalue weighted by Crippen LogP contribution is -2.50. The van der Waals surface area contributed by atoms with Crippen LogP contribution in [0.1, 0.15) is 11.9 Å². The first-order chi connectivity index (χ1) is 16.1. The maximum atomic E-state index is 12.1. The summed E-state index contributed by atoms with van der Waals surface area (Å²) in [5.74, 6) is 1.80. The Hall–Kier alpha value is -3.21. The summed E-state index contributed by atoms with van der Waals surface area (Å²) in [6.45, 7) is 10.2. The van der Waals surface area contributed by atoms with Crippen LogP contribution in [0, 0.1) is 6.92 Å². The molecule has 174 valence electrons. The predicted octanol–water partition coefficient (Wildman–Crippen LogP) is 2.39. The zero-order valence-electron chi connectivity index (χ0n) is 19.0. The molecule has 4 heterocycles. The van der Waals surface area contributed by atoms with Crippen molar-refractivity contribution in [3.63, 3.8) is 0 Å². The monoisotopic (exact) mass is 468 g/mol. The number of rotatable bonds is 4. The van der Waals surface area contributed by atoms with E-state index in [-0.39, 0.29) is 6.09 Å². The number of nitrogens with zero attached hydrogens (tertiary/aromatic N) is 8. The van der Waals surface area contributed by atoms with Gasteiger partial charge in [0.05, 0.1) is 17.6 Å². The van der Waals surface area contributed by atoms with E-state index >= 15 is 0 Å². The number of amides is 1. The van der Waals surface area contributed by atoms with Gasteiger partial charge >= 0.3 is 6.09 Å². The summed E-state index contributed by atoms with van der Waals surface area (Å²) in [5.41, 5.74) is 1.77. The Morgan fingerprint density at radius 2 is 1.42 bits per heavy atom. The summed E-state index contributed by atoms with van der Waals surface area (Å²) in [6.07, 6.45) is -0.245. The molecular weight excluding hydrogens is 440 g/mol. The Morgan fingerprint density at radius 1 is 0.879 bits per heavy atom. The van der Waals surface area contributed by atoms with Gasteiger partial charge in [-0.15, -0.1) is 10.2 Å². The van der Waals surface area contributed by atoms with Crippen LogP contribution >= 0.6 is 11.3 Å². The van der Waals surface area contributed by atoms with E-state index in [9.17, 15) is 4.79 Å². The van der Waals surface area contributed by atoms with Crippen molar-refractivity contribution in [2.24, 2.45) is 0 Å². The highest BCUT2D eigenvalue weighted by Gasteiger charge is 2.29. The van der Waals surface area contributed by atoms with E-state index in [1.54, 1.807) is 16.2 Å². The van der Waals surface area contributed by atoms with Gasteiger partial charge in [0.1, 0.15) is 5.01 Å². The summed E-state index contributed by atoms with van der Waals surface area (Å²) in [5, 5.41) is 10.4. The largest absolute Gasteiger partial charge is 0.450 e. The van der Waals surface area contributed by atoms with Gasteiger partial charge in [-0.25, -0.2) is 14.8 Å². The average Bonchev–Trinajstić information content (AvgIpc) is 3.30. The number of para-hydroxylation sites is 2. The van der Waals surface area contributed by atoms with Crippen LogP contribution < -0.4 is 14.7 Å². The first kappa shape index (κ1) is 21.6. The van der Waals surface area contributed by atoms with Gasteiger partial charge in [0.15, 0.2) is 11.6 Å². The normalized spacial score (nSPS) is 17.0. The van der Waals surface area contributed by atoms with Crippen LogP contribution in [0.3, 0.4) is 0 Å². The van der Waals surface area contributed by atoms with Gasteiger partial charge in [0.2, 0.25) is 5.13 Å². The van der Waals surface area contributed by atoms with Crippen molar-refractivity contribution < 1.29 is 9.53 Å². The number of benzene rings is 1. The molecule has 2 aliphatic rings. The number of aryl methyl sites for hydroxylation is 1. The lowest BCUT2D eigenvalue weighted by Gasteiger charge is -2.39. The van der Waals surface area contributed by atoms with Gasteiger partial charge in [-0.1, -0.05) is 23.5 Å². The minimum Gasteiger partial charge on any atom is -0.450 e. The second-order valence-electron chi connectivity index (χ2n) is 8.11. The molecule has 10 nitrogen and oxygen atoms in total. The molecule has 0 atom stereocenters. The highest BCUT2D eigenvalue weighted by atomic mass is 32.1. The third kappa shape index (κ3) is 4.50. The molecule has 0 radical (unpaired) electrons. The van der Waals surface area contributed by atoms with Crippen molar-refractivity contribution >= 4 is 45.2 Å². The Bertz CT molecular complexity index is 1120. The van der Waals surface area contributed by atoms with Crippen LogP contribution in [-0.2, 0) is 4.74 Å². The average molecular weight is 469 g/mol. The van der Waals surface area contributed by atoms with Crippen molar-refractivity contribution in [1.82, 2.24) is 25.1 Å². The minimum atomic E-state index is -0.245. The fourth-order valence-corrected chi connectivity index (χ4v) is 4.98. The summed E-state index contributed by atoms with van der Waals surface area (Å²) in [6, 6.07) is 7.99. The Balaban J connectivity index is 1.37. The fraction of sp³-hybridized carbons (Fsp3) is 0.500. The number of piperazine rings is 2. The molecule has 0 saturated carbocycles. The Labute approximate surface area is 196 Å². The summed E-state index contributed by atoms with van der Waals surface area (Å²) in [4.78, 5) is 30.8. The third-order valence-corrected chi connectivity index (χ3v) is 6.90. The van der Waals surface area contributed by atoms with Crippen LogP contribution in [0.5, 0.6) is 0 Å². The second kappa shape index (κ2) is 9.34. The molecule has 1 aromatic carbocycles. The number of aromatic nitrogens is 4. The van der Waals surface area contributed by atoms with Gasteiger partial charge in [0.25, 0.3) is 0 Å². The predicted molar refractivity (Wildman–Crippen MR) is 129 cm³/mol. The molecule has 0 unspecified atom stereocenters. The van der Waals surface area contributed by atoms with E-state index < -0.39 is 0 Å². The zero-order chi connectivity index (χ0) is 22.8. The molecule has 5 rings (SSSR count). The first-order valence-electron chi connectivity index (χ1n) is 11.4. The molecule has 33 heavy (non-hydrogen) atoms. The van der Waals surface area contributed by atoms with Crippen LogP contribution in [0.4, 0.5) is 21.6 Å². The highest BCUT2D eigenvalue weighted by Crippen LogP contribution is 2.31. The maximum absolute atomic E-state index is 12.1. The molecule has 11 heteroatoms. The van der Waals surface area contributed by atoms with Crippen LogP contribution in [-0.4, -0.2) is 90.1 Å². The minimum absolute atomic E-state index is 0.245. The number of ether oxygens (including phenoxy) is 1. The molecule has 0 bridgehead atoms. The molecule has 2 aliphatic heterocycles. The number of hydrogen-bond donors (Lipinski definition) is 0. The van der Waals surface area contributed by atoms with E-state index in [1.165, 1.54) is 0 Å². The van der Waals surface area contributed by atoms with Gasteiger partial charge in [-0.2, -0.15) is 0 Å². The number of carbonyl (C=O) groups excluding carboxylic acids is 1. The standard InChI is InChI=1S/C22H28N8O2S/c1-3-32-22(31)30-14-10-28(11-15-30)20-19(23-17-6-4-5-7-18(17)24-20)27-8-12-29(13-9-27)21-26-25-16(2)33-21/h4-7H,3,8-15H2,1-2H3. The van der Waals surface area contributed by atoms with E-state index in [2.05, 4.69) is 24.9 Å². The van der Waals surface area contributed by atoms with Gasteiger partial charge in [0, 0.05) is 52.4 Å². The van der Waals surface area contributed by atoms with Crippen molar-refractivity contribution in [3.05, 3.63) is 29.3 Å². The van der Waals surface area contributed by atoms with Crippen molar-refractivity contribution in [3.8, 4) is 0 Å². The highest BCUT2D eigenvalue weighted by molar-refractivity contribution is 7.15. The van der Waals surface area contributed by atoms with Gasteiger partial charge in [-0.05, 0) is 26.0 Å². The van der Waals surface area contributed by atoms with Crippen LogP contribution in [0.25, 0.3) is 11.0 Å². The lowest BCUT2D eigenvalue weighted by atomic mass is 10.2. The first-order valence-corrected chi connectivity index (χ1v) is 12.2. The van der Waals surface area contributed by atoms with Crippen molar-refractivity contribution in [2.75, 3.05) is 73.7 Å². The summed E-state index contributed by atoms with van der Waals surface area (Å²) < 4.78 is 5.17. The molecule has 2 fully saturated rings. The molecule has 1 amide bonds. The van der Waals surface area contributed by atoms with Crippen LogP contribution in [0.15, 0.2) is 24.3 Å². The zero-order valence-corrected chi connectivity index (χ0v) is 19.8. The van der Waals surface area contributed by atoms with Crippen molar-refractivity contribution in [2.45, 2.75) is 13.8 Å². The molecule has 0 spiro atoms. The molecule has 2 saturated heterocycles. The van der Waals surface area contributed by atoms with E-state index in [0.29, 0.717) is 32.8 Å². The topological polar surface area (TPSA) is 90.8 Å². The summed E-state index contributed by atoms with van der Waals surface area (Å²) in [7, 11) is 0. The third-order valence-electron chi connectivity index (χ3n) is 6.00. The second-order valence-corrected chi connectivity index (χ2v) is 9.27. The quantitative estimate of drug-likeness (QED) is 0.572. The smallest absolute Gasteiger partial charge is 0.409 e. The maximum Gasteiger partial charge on any atom is 0.409 e. The number of hydrogen-bond acceptors (Lipinski definition) is 10. The van der Waals surface area contributed by atoms with Crippen molar-refractivity contribution in [1.29, 1.82) is 0 Å². The summed E-state index contributed by atoms with van der Waals surface area (Å²) >= 11 is 1.63. The molecule has 3 aromatic rings. The molecule has 2 aromatic heterocycles. The Kier molecular flexibility index (Phi) is 6.12. The van der Waals surface area contributed by atoms with Gasteiger partial charge in [-0.3, -0.25) is 0 Å². The SMILES string of the molecule is CCOC(=O)N1CCN(c2nc3ccccc3nc2N2CCN(c3nnc(C)s3)CC2)CC1.